The number of hydrogen-bond donors (Lipinski definition) is 1. The van der Waals surface area contributed by atoms with Crippen molar-refractivity contribution in [1.82, 2.24) is 24.7 Å². The molecule has 1 N–H and O–H groups in total. The quantitative estimate of drug-likeness (QED) is 0.542. The van der Waals surface area contributed by atoms with Crippen LogP contribution in [-0.4, -0.2) is 35.9 Å². The normalized spacial score (nSPS) is 18.1. The first-order chi connectivity index (χ1) is 13.1. The maximum Gasteiger partial charge on any atom is 0.181 e. The van der Waals surface area contributed by atoms with Crippen molar-refractivity contribution in [3.05, 3.63) is 36.1 Å². The van der Waals surface area contributed by atoms with E-state index < -0.39 is 0 Å². The van der Waals surface area contributed by atoms with E-state index in [1.807, 2.05) is 37.1 Å². The lowest BCUT2D eigenvalue weighted by atomic mass is 9.84. The van der Waals surface area contributed by atoms with Crippen molar-refractivity contribution >= 4 is 32.7 Å². The van der Waals surface area contributed by atoms with Gasteiger partial charge in [-0.2, -0.15) is 5.10 Å². The predicted molar refractivity (Wildman–Crippen MR) is 106 cm³/mol. The summed E-state index contributed by atoms with van der Waals surface area (Å²) in [7, 11) is 1.89. The van der Waals surface area contributed by atoms with Crippen molar-refractivity contribution in [2.24, 2.45) is 13.0 Å². The van der Waals surface area contributed by atoms with Gasteiger partial charge in [0.1, 0.15) is 4.83 Å². The van der Waals surface area contributed by atoms with Gasteiger partial charge in [-0.15, -0.1) is 11.3 Å². The van der Waals surface area contributed by atoms with Crippen molar-refractivity contribution in [1.29, 1.82) is 5.26 Å². The smallest absolute Gasteiger partial charge is 0.181 e. The van der Waals surface area contributed by atoms with Gasteiger partial charge in [0.2, 0.25) is 0 Å². The van der Waals surface area contributed by atoms with E-state index in [4.69, 9.17) is 10.4 Å². The van der Waals surface area contributed by atoms with E-state index in [9.17, 15) is 0 Å². The molecular formula is C19H20N6OS. The number of pyridine rings is 2. The average molecular weight is 380 g/mol. The van der Waals surface area contributed by atoms with Gasteiger partial charge < -0.3 is 5.11 Å². The fraction of sp³-hybridized carbons (Fsp3) is 0.316. The van der Waals surface area contributed by atoms with E-state index in [2.05, 4.69) is 39.6 Å². The van der Waals surface area contributed by atoms with E-state index in [0.717, 1.165) is 51.4 Å². The van der Waals surface area contributed by atoms with Gasteiger partial charge >= 0.3 is 0 Å². The minimum Gasteiger partial charge on any atom is -0.393 e. The number of thiazole rings is 1. The fourth-order valence-corrected chi connectivity index (χ4v) is 3.60. The van der Waals surface area contributed by atoms with Crippen LogP contribution in [0.2, 0.25) is 0 Å². The molecule has 1 saturated carbocycles. The number of aromatic nitrogens is 5. The summed E-state index contributed by atoms with van der Waals surface area (Å²) in [5.74, 6) is 0.792. The van der Waals surface area contributed by atoms with Crippen LogP contribution in [0.4, 0.5) is 0 Å². The van der Waals surface area contributed by atoms with Gasteiger partial charge in [-0.3, -0.25) is 4.68 Å². The van der Waals surface area contributed by atoms with Gasteiger partial charge in [-0.05, 0) is 37.0 Å². The first-order valence-corrected chi connectivity index (χ1v) is 9.40. The van der Waals surface area contributed by atoms with E-state index >= 15 is 0 Å². The van der Waals surface area contributed by atoms with Crippen molar-refractivity contribution < 1.29 is 5.11 Å². The first kappa shape index (κ1) is 18.9. The number of aryl methyl sites for hydroxylation is 1. The Morgan fingerprint density at radius 2 is 2.04 bits per heavy atom. The molecule has 0 bridgehead atoms. The molecule has 7 nitrogen and oxygen atoms in total. The highest BCUT2D eigenvalue weighted by molar-refractivity contribution is 7.16. The molecular weight excluding hydrogens is 360 g/mol. The summed E-state index contributed by atoms with van der Waals surface area (Å²) in [6.07, 6.45) is 5.86. The number of aliphatic hydroxyl groups excluding tert-OH is 1. The standard InChI is InChI=1S/C13H9N5S.C5H10O.CHN/c1-18-6-9-4-8(5-14-12(9)17-18)10-2-3-11-13(16-10)19-7-15-11;1-4-2-5(6)3-4;1-2/h2-7H,1H3;4-6H,2-3H2,1H3;1H. The number of hydrogen-bond acceptors (Lipinski definition) is 7. The molecule has 4 heterocycles. The minimum atomic E-state index is 0.0417. The van der Waals surface area contributed by atoms with Crippen LogP contribution in [0, 0.1) is 17.8 Å². The molecule has 0 amide bonds. The highest BCUT2D eigenvalue weighted by Gasteiger charge is 2.21. The third-order valence-corrected chi connectivity index (χ3v) is 5.05. The molecule has 138 valence electrons. The van der Waals surface area contributed by atoms with Crippen molar-refractivity contribution in [2.75, 3.05) is 0 Å². The number of rotatable bonds is 1. The number of fused-ring (bicyclic) bond motifs is 2. The highest BCUT2D eigenvalue weighted by atomic mass is 32.1. The Kier molecular flexibility index (Phi) is 5.74. The molecule has 1 fully saturated rings. The van der Waals surface area contributed by atoms with E-state index in [-0.39, 0.29) is 6.10 Å². The SMILES string of the molecule is C#N.CC1CC(O)C1.Cn1cc2cc(-c3ccc4ncsc4n3)cnc2n1. The van der Waals surface area contributed by atoms with Crippen LogP contribution in [0.15, 0.2) is 36.1 Å². The summed E-state index contributed by atoms with van der Waals surface area (Å²) in [5.41, 5.74) is 5.41. The highest BCUT2D eigenvalue weighted by Crippen LogP contribution is 2.25. The zero-order valence-electron chi connectivity index (χ0n) is 15.1. The van der Waals surface area contributed by atoms with Gasteiger partial charge in [0.25, 0.3) is 0 Å². The summed E-state index contributed by atoms with van der Waals surface area (Å²) >= 11 is 1.54. The summed E-state index contributed by atoms with van der Waals surface area (Å²) in [6.45, 7) is 5.66. The molecule has 27 heavy (non-hydrogen) atoms. The van der Waals surface area contributed by atoms with Crippen molar-refractivity contribution in [3.8, 4) is 17.8 Å². The predicted octanol–water partition coefficient (Wildman–Crippen LogP) is 3.56. The molecule has 5 rings (SSSR count). The molecule has 0 aromatic carbocycles. The summed E-state index contributed by atoms with van der Waals surface area (Å²) < 4.78 is 1.77. The second-order valence-electron chi connectivity index (χ2n) is 6.54. The Labute approximate surface area is 161 Å². The lowest BCUT2D eigenvalue weighted by Crippen LogP contribution is -2.25. The molecule has 0 spiro atoms. The van der Waals surface area contributed by atoms with E-state index in [1.54, 1.807) is 16.0 Å². The third kappa shape index (κ3) is 4.27. The van der Waals surface area contributed by atoms with Gasteiger partial charge in [0.15, 0.2) is 5.65 Å². The lowest BCUT2D eigenvalue weighted by molar-refractivity contribution is 0.0513. The topological polar surface area (TPSA) is 101 Å². The number of aliphatic hydroxyl groups is 1. The summed E-state index contributed by atoms with van der Waals surface area (Å²) in [5, 5.41) is 20.4. The van der Waals surface area contributed by atoms with Crippen LogP contribution in [0.1, 0.15) is 19.8 Å². The zero-order valence-corrected chi connectivity index (χ0v) is 16.0. The van der Waals surface area contributed by atoms with Crippen molar-refractivity contribution in [2.45, 2.75) is 25.9 Å². The van der Waals surface area contributed by atoms with Crippen LogP contribution in [0.25, 0.3) is 32.6 Å². The summed E-state index contributed by atoms with van der Waals surface area (Å²) in [6, 6.07) is 6.02. The molecule has 4 aromatic heterocycles. The molecule has 0 aliphatic heterocycles. The van der Waals surface area contributed by atoms with Crippen LogP contribution in [0.5, 0.6) is 0 Å². The van der Waals surface area contributed by atoms with Gasteiger partial charge in [0.05, 0.1) is 22.8 Å². The fourth-order valence-electron chi connectivity index (χ4n) is 2.94. The molecule has 0 atom stereocenters. The minimum absolute atomic E-state index is 0.0417. The maximum absolute atomic E-state index is 8.62. The van der Waals surface area contributed by atoms with Crippen LogP contribution in [-0.2, 0) is 7.05 Å². The first-order valence-electron chi connectivity index (χ1n) is 8.52. The Morgan fingerprint density at radius 3 is 2.70 bits per heavy atom. The Balaban J connectivity index is 0.000000223. The van der Waals surface area contributed by atoms with Gasteiger partial charge in [-0.25, -0.2) is 20.2 Å². The molecule has 0 radical (unpaired) electrons. The second-order valence-corrected chi connectivity index (χ2v) is 7.38. The maximum atomic E-state index is 8.62. The molecule has 8 heteroatoms. The number of nitrogens with zero attached hydrogens (tertiary/aromatic N) is 6. The molecule has 0 saturated heterocycles. The lowest BCUT2D eigenvalue weighted by Gasteiger charge is -2.27. The largest absolute Gasteiger partial charge is 0.393 e. The molecule has 1 aliphatic rings. The summed E-state index contributed by atoms with van der Waals surface area (Å²) in [4.78, 5) is 14.2. The zero-order chi connectivity index (χ0) is 19.4. The van der Waals surface area contributed by atoms with Gasteiger partial charge in [0, 0.05) is 37.0 Å². The van der Waals surface area contributed by atoms with E-state index in [1.165, 1.54) is 0 Å². The Hall–Kier alpha value is -2.89. The van der Waals surface area contributed by atoms with Crippen molar-refractivity contribution in [3.63, 3.8) is 0 Å². The Morgan fingerprint density at radius 1 is 1.26 bits per heavy atom. The monoisotopic (exact) mass is 380 g/mol. The van der Waals surface area contributed by atoms with Crippen LogP contribution >= 0.6 is 11.3 Å². The van der Waals surface area contributed by atoms with Crippen LogP contribution in [0.3, 0.4) is 0 Å². The second kappa shape index (κ2) is 8.20. The Bertz CT molecular complexity index is 1060. The molecule has 1 aliphatic carbocycles. The average Bonchev–Trinajstić information content (AvgIpc) is 3.26. The molecule has 4 aromatic rings. The van der Waals surface area contributed by atoms with Crippen LogP contribution < -0.4 is 0 Å². The molecule has 0 unspecified atom stereocenters. The van der Waals surface area contributed by atoms with Gasteiger partial charge in [-0.1, -0.05) is 6.92 Å². The third-order valence-electron chi connectivity index (χ3n) is 4.31. The van der Waals surface area contributed by atoms with E-state index in [0.29, 0.717) is 0 Å². The number of nitriles is 1.